The van der Waals surface area contributed by atoms with E-state index < -0.39 is 0 Å². The van der Waals surface area contributed by atoms with Crippen molar-refractivity contribution in [1.82, 2.24) is 0 Å². The van der Waals surface area contributed by atoms with Crippen LogP contribution in [0.5, 0.6) is 0 Å². The van der Waals surface area contributed by atoms with E-state index in [0.717, 1.165) is 33.1 Å². The third kappa shape index (κ3) is 4.70. The van der Waals surface area contributed by atoms with Crippen LogP contribution in [0.25, 0.3) is 98.4 Å². The lowest BCUT2D eigenvalue weighted by molar-refractivity contribution is 0.447. The predicted molar refractivity (Wildman–Crippen MR) is 226 cm³/mol. The van der Waals surface area contributed by atoms with E-state index in [9.17, 15) is 0 Å². The summed E-state index contributed by atoms with van der Waals surface area (Å²) in [6, 6.07) is 60.3. The van der Waals surface area contributed by atoms with Gasteiger partial charge >= 0.3 is 0 Å². The smallest absolute Gasteiger partial charge is 0.143 e. The Balaban J connectivity index is 1.16. The Morgan fingerprint density at radius 2 is 0.849 bits per heavy atom. The predicted octanol–water partition coefficient (Wildman–Crippen LogP) is 15.2. The largest absolute Gasteiger partial charge is 0.455 e. The Bertz CT molecular complexity index is 2920. The molecule has 53 heavy (non-hydrogen) atoms. The minimum Gasteiger partial charge on any atom is -0.455 e. The molecule has 11 rings (SSSR count). The van der Waals surface area contributed by atoms with E-state index in [1.807, 2.05) is 0 Å². The minimum atomic E-state index is 0.599. The first-order valence-corrected chi connectivity index (χ1v) is 19.2. The Kier molecular flexibility index (Phi) is 7.01. The monoisotopic (exact) mass is 678 g/mol. The van der Waals surface area contributed by atoms with E-state index in [-0.39, 0.29) is 0 Å². The topological polar surface area (TPSA) is 13.1 Å². The molecule has 0 atom stereocenters. The summed E-state index contributed by atoms with van der Waals surface area (Å²) >= 11 is 0. The summed E-state index contributed by atoms with van der Waals surface area (Å²) in [7, 11) is 0. The summed E-state index contributed by atoms with van der Waals surface area (Å²) in [5.74, 6) is 0.599. The number of furan rings is 1. The van der Waals surface area contributed by atoms with Crippen molar-refractivity contribution in [2.24, 2.45) is 0 Å². The second-order valence-corrected chi connectivity index (χ2v) is 14.9. The zero-order valence-corrected chi connectivity index (χ0v) is 29.6. The summed E-state index contributed by atoms with van der Waals surface area (Å²) < 4.78 is 7.06. The lowest BCUT2D eigenvalue weighted by atomic mass is 9.78. The van der Waals surface area contributed by atoms with Gasteiger partial charge < -0.3 is 4.42 Å². The van der Waals surface area contributed by atoms with E-state index in [2.05, 4.69) is 164 Å². The molecule has 0 unspecified atom stereocenters. The van der Waals surface area contributed by atoms with Gasteiger partial charge in [-0.2, -0.15) is 0 Å². The standard InChI is InChI=1S/C52H38O/c1-3-16-33(17-4-1)48-37-20-7-9-22-39(37)50(40-23-10-8-21-38(40)48)35-30-31-36-45-28-15-29-46(52(45)53-47(36)32-35)51-43-26-13-11-24-41(43)49(34-18-5-2-6-19-34)42-25-12-14-27-44(42)51/h1,3-4,7-17,20-32,34H,2,5-6,18-19H2. The van der Waals surface area contributed by atoms with E-state index in [1.54, 1.807) is 5.56 Å². The van der Waals surface area contributed by atoms with E-state index in [4.69, 9.17) is 4.42 Å². The van der Waals surface area contributed by atoms with Crippen molar-refractivity contribution in [1.29, 1.82) is 0 Å². The third-order valence-corrected chi connectivity index (χ3v) is 12.0. The first-order valence-electron chi connectivity index (χ1n) is 19.2. The number of fused-ring (bicyclic) bond motifs is 7. The molecule has 252 valence electrons. The second-order valence-electron chi connectivity index (χ2n) is 14.9. The maximum Gasteiger partial charge on any atom is 0.143 e. The van der Waals surface area contributed by atoms with Crippen molar-refractivity contribution >= 4 is 65.0 Å². The fourth-order valence-corrected chi connectivity index (χ4v) is 9.79. The molecule has 0 radical (unpaired) electrons. The number of hydrogen-bond donors (Lipinski definition) is 0. The number of para-hydroxylation sites is 1. The molecule has 1 aliphatic rings. The van der Waals surface area contributed by atoms with Crippen LogP contribution in [0.2, 0.25) is 0 Å². The molecule has 0 N–H and O–H groups in total. The molecule has 1 heteroatoms. The zero-order chi connectivity index (χ0) is 34.9. The fourth-order valence-electron chi connectivity index (χ4n) is 9.79. The molecule has 1 aromatic heterocycles. The summed E-state index contributed by atoms with van der Waals surface area (Å²) in [5, 5.41) is 12.7. The van der Waals surface area contributed by atoms with Gasteiger partial charge in [0.15, 0.2) is 0 Å². The Labute approximate surface area is 309 Å². The average Bonchev–Trinajstić information content (AvgIpc) is 3.61. The Hall–Kier alpha value is -6.18. The molecule has 0 bridgehead atoms. The molecule has 0 saturated heterocycles. The molecule has 1 nitrogen and oxygen atoms in total. The van der Waals surface area contributed by atoms with Gasteiger partial charge in [-0.05, 0) is 102 Å². The molecule has 0 aliphatic heterocycles. The van der Waals surface area contributed by atoms with Gasteiger partial charge in [0.2, 0.25) is 0 Å². The van der Waals surface area contributed by atoms with Crippen LogP contribution in [0.1, 0.15) is 43.6 Å². The highest BCUT2D eigenvalue weighted by Crippen LogP contribution is 2.49. The molecule has 1 saturated carbocycles. The van der Waals surface area contributed by atoms with Gasteiger partial charge in [0.25, 0.3) is 0 Å². The van der Waals surface area contributed by atoms with E-state index in [1.165, 1.54) is 97.4 Å². The summed E-state index contributed by atoms with van der Waals surface area (Å²) in [5.41, 5.74) is 10.8. The van der Waals surface area contributed by atoms with Crippen LogP contribution >= 0.6 is 0 Å². The average molecular weight is 679 g/mol. The van der Waals surface area contributed by atoms with E-state index in [0.29, 0.717) is 5.92 Å². The van der Waals surface area contributed by atoms with Crippen molar-refractivity contribution < 1.29 is 4.42 Å². The lowest BCUT2D eigenvalue weighted by Gasteiger charge is -2.26. The van der Waals surface area contributed by atoms with Crippen LogP contribution in [0.3, 0.4) is 0 Å². The first kappa shape index (κ1) is 30.4. The van der Waals surface area contributed by atoms with E-state index >= 15 is 0 Å². The number of benzene rings is 9. The van der Waals surface area contributed by atoms with Crippen molar-refractivity contribution in [3.8, 4) is 33.4 Å². The number of rotatable bonds is 4. The van der Waals surface area contributed by atoms with Crippen LogP contribution in [0.4, 0.5) is 0 Å². The summed E-state index contributed by atoms with van der Waals surface area (Å²) in [6.45, 7) is 0. The molecular weight excluding hydrogens is 641 g/mol. The number of hydrogen-bond acceptors (Lipinski definition) is 1. The van der Waals surface area contributed by atoms with Gasteiger partial charge in [-0.25, -0.2) is 0 Å². The molecule has 1 aliphatic carbocycles. The zero-order valence-electron chi connectivity index (χ0n) is 29.6. The highest BCUT2D eigenvalue weighted by Gasteiger charge is 2.25. The molecular formula is C52H38O. The maximum atomic E-state index is 7.06. The van der Waals surface area contributed by atoms with Crippen LogP contribution in [-0.2, 0) is 0 Å². The molecule has 0 spiro atoms. The molecule has 9 aromatic carbocycles. The fraction of sp³-hybridized carbons (Fsp3) is 0.115. The molecule has 10 aromatic rings. The molecule has 1 heterocycles. The first-order chi connectivity index (χ1) is 26.3. The van der Waals surface area contributed by atoms with Gasteiger partial charge in [0.05, 0.1) is 0 Å². The van der Waals surface area contributed by atoms with Crippen molar-refractivity contribution in [3.63, 3.8) is 0 Å². The Morgan fingerprint density at radius 3 is 1.43 bits per heavy atom. The summed E-state index contributed by atoms with van der Waals surface area (Å²) in [4.78, 5) is 0. The van der Waals surface area contributed by atoms with Gasteiger partial charge in [-0.15, -0.1) is 0 Å². The lowest BCUT2D eigenvalue weighted by Crippen LogP contribution is -2.06. The normalized spacial score (nSPS) is 14.0. The highest BCUT2D eigenvalue weighted by molar-refractivity contribution is 6.23. The van der Waals surface area contributed by atoms with Gasteiger partial charge in [0, 0.05) is 21.9 Å². The molecule has 1 fully saturated rings. The Morgan fingerprint density at radius 1 is 0.358 bits per heavy atom. The van der Waals surface area contributed by atoms with Crippen LogP contribution in [-0.4, -0.2) is 0 Å². The van der Waals surface area contributed by atoms with Crippen LogP contribution in [0, 0.1) is 0 Å². The summed E-state index contributed by atoms with van der Waals surface area (Å²) in [6.07, 6.45) is 6.53. The minimum absolute atomic E-state index is 0.599. The van der Waals surface area contributed by atoms with Crippen molar-refractivity contribution in [2.75, 3.05) is 0 Å². The maximum absolute atomic E-state index is 7.06. The molecule has 0 amide bonds. The van der Waals surface area contributed by atoms with Crippen LogP contribution < -0.4 is 0 Å². The SMILES string of the molecule is c1ccc(-c2c3ccccc3c(-c3ccc4c(c3)oc3c(-c5c6ccccc6c(C6CCCCC6)c6ccccc56)cccc34)c3ccccc23)cc1. The quantitative estimate of drug-likeness (QED) is 0.169. The van der Waals surface area contributed by atoms with Gasteiger partial charge in [0.1, 0.15) is 11.2 Å². The van der Waals surface area contributed by atoms with Gasteiger partial charge in [-0.1, -0.05) is 171 Å². The van der Waals surface area contributed by atoms with Crippen LogP contribution in [0.15, 0.2) is 168 Å². The second kappa shape index (κ2) is 12.2. The van der Waals surface area contributed by atoms with Crippen molar-refractivity contribution in [2.45, 2.75) is 38.0 Å². The third-order valence-electron chi connectivity index (χ3n) is 12.0. The highest BCUT2D eigenvalue weighted by atomic mass is 16.3. The van der Waals surface area contributed by atoms with Crippen molar-refractivity contribution in [3.05, 3.63) is 169 Å². The van der Waals surface area contributed by atoms with Gasteiger partial charge in [-0.3, -0.25) is 0 Å².